The van der Waals surface area contributed by atoms with Crippen molar-refractivity contribution in [3.05, 3.63) is 69.7 Å². The molecule has 0 aliphatic heterocycles. The molecule has 0 radical (unpaired) electrons. The molecule has 0 N–H and O–H groups in total. The molecule has 3 rings (SSSR count). The van der Waals surface area contributed by atoms with Crippen molar-refractivity contribution in [2.75, 3.05) is 7.11 Å². The van der Waals surface area contributed by atoms with Gasteiger partial charge in [-0.1, -0.05) is 23.7 Å². The van der Waals surface area contributed by atoms with Crippen molar-refractivity contribution in [1.82, 2.24) is 14.9 Å². The molecule has 0 saturated carbocycles. The number of hydrogen-bond acceptors (Lipinski definition) is 5. The molecule has 128 valence electrons. The number of halogens is 2. The van der Waals surface area contributed by atoms with Gasteiger partial charge in [-0.15, -0.1) is 10.2 Å². The maximum atomic E-state index is 5.89. The van der Waals surface area contributed by atoms with Gasteiger partial charge in [-0.2, -0.15) is 5.10 Å². The van der Waals surface area contributed by atoms with Crippen LogP contribution < -0.4 is 9.47 Å². The molecular formula is C17H14BrClN4O2. The third-order valence-electron chi connectivity index (χ3n) is 3.33. The fraction of sp³-hybridized carbons (Fsp3) is 0.118. The van der Waals surface area contributed by atoms with Crippen LogP contribution in [0.4, 0.5) is 0 Å². The van der Waals surface area contributed by atoms with E-state index in [9.17, 15) is 0 Å². The molecule has 1 aromatic heterocycles. The van der Waals surface area contributed by atoms with Crippen molar-refractivity contribution in [2.24, 2.45) is 5.10 Å². The fourth-order valence-corrected chi connectivity index (χ4v) is 2.60. The molecular weight excluding hydrogens is 408 g/mol. The third-order valence-corrected chi connectivity index (χ3v) is 4.27. The van der Waals surface area contributed by atoms with Crippen molar-refractivity contribution in [3.8, 4) is 11.5 Å². The molecule has 1 heterocycles. The quantitative estimate of drug-likeness (QED) is 0.561. The molecule has 0 unspecified atom stereocenters. The fourth-order valence-electron chi connectivity index (χ4n) is 2.05. The Morgan fingerprint density at radius 3 is 2.56 bits per heavy atom. The standard InChI is InChI=1S/C17H14BrClN4O2/c1-24-16-6-13(8-22-23-10-20-21-11-23)15(18)7-17(16)25-9-12-2-4-14(19)5-3-12/h2-8,10-11H,9H2,1H3/b22-8+. The minimum atomic E-state index is 0.411. The lowest BCUT2D eigenvalue weighted by Gasteiger charge is -2.12. The zero-order chi connectivity index (χ0) is 17.6. The Kier molecular flexibility index (Phi) is 5.67. The predicted octanol–water partition coefficient (Wildman–Crippen LogP) is 4.16. The topological polar surface area (TPSA) is 61.5 Å². The van der Waals surface area contributed by atoms with E-state index in [1.807, 2.05) is 36.4 Å². The predicted molar refractivity (Wildman–Crippen MR) is 99.5 cm³/mol. The van der Waals surface area contributed by atoms with Crippen molar-refractivity contribution in [1.29, 1.82) is 0 Å². The van der Waals surface area contributed by atoms with Crippen LogP contribution in [0.3, 0.4) is 0 Å². The van der Waals surface area contributed by atoms with Crippen LogP contribution in [0.2, 0.25) is 5.02 Å². The average Bonchev–Trinajstić information content (AvgIpc) is 3.14. The van der Waals surface area contributed by atoms with Gasteiger partial charge in [0.15, 0.2) is 11.5 Å². The van der Waals surface area contributed by atoms with Crippen LogP contribution in [0.15, 0.2) is 58.6 Å². The van der Waals surface area contributed by atoms with Crippen LogP contribution in [-0.4, -0.2) is 28.2 Å². The Bertz CT molecular complexity index is 867. The molecule has 3 aromatic rings. The van der Waals surface area contributed by atoms with Gasteiger partial charge in [0, 0.05) is 15.1 Å². The highest BCUT2D eigenvalue weighted by Crippen LogP contribution is 2.33. The van der Waals surface area contributed by atoms with Crippen LogP contribution in [0.5, 0.6) is 11.5 Å². The molecule has 0 amide bonds. The largest absolute Gasteiger partial charge is 0.493 e. The Morgan fingerprint density at radius 2 is 1.88 bits per heavy atom. The summed E-state index contributed by atoms with van der Waals surface area (Å²) >= 11 is 9.42. The zero-order valence-corrected chi connectivity index (χ0v) is 15.6. The highest BCUT2D eigenvalue weighted by Gasteiger charge is 2.10. The molecule has 6 nitrogen and oxygen atoms in total. The molecule has 2 aromatic carbocycles. The van der Waals surface area contributed by atoms with E-state index in [-0.39, 0.29) is 0 Å². The van der Waals surface area contributed by atoms with E-state index in [0.29, 0.717) is 23.1 Å². The van der Waals surface area contributed by atoms with E-state index in [1.165, 1.54) is 17.3 Å². The summed E-state index contributed by atoms with van der Waals surface area (Å²) in [6.07, 6.45) is 4.69. The first-order valence-electron chi connectivity index (χ1n) is 7.29. The smallest absolute Gasteiger partial charge is 0.162 e. The van der Waals surface area contributed by atoms with E-state index in [2.05, 4.69) is 31.2 Å². The number of nitrogens with zero attached hydrogens (tertiary/aromatic N) is 4. The van der Waals surface area contributed by atoms with E-state index >= 15 is 0 Å². The monoisotopic (exact) mass is 420 g/mol. The highest BCUT2D eigenvalue weighted by molar-refractivity contribution is 9.10. The molecule has 25 heavy (non-hydrogen) atoms. The van der Waals surface area contributed by atoms with Crippen molar-refractivity contribution >= 4 is 33.7 Å². The summed E-state index contributed by atoms with van der Waals surface area (Å²) < 4.78 is 13.6. The Morgan fingerprint density at radius 1 is 1.16 bits per heavy atom. The lowest BCUT2D eigenvalue weighted by Crippen LogP contribution is -1.99. The normalized spacial score (nSPS) is 11.0. The van der Waals surface area contributed by atoms with Gasteiger partial charge >= 0.3 is 0 Å². The second-order valence-corrected chi connectivity index (χ2v) is 6.32. The van der Waals surface area contributed by atoms with E-state index < -0.39 is 0 Å². The van der Waals surface area contributed by atoms with Gasteiger partial charge in [0.1, 0.15) is 19.3 Å². The molecule has 0 aliphatic carbocycles. The lowest BCUT2D eigenvalue weighted by molar-refractivity contribution is 0.284. The molecule has 0 spiro atoms. The van der Waals surface area contributed by atoms with Crippen molar-refractivity contribution < 1.29 is 9.47 Å². The molecule has 0 aliphatic rings. The first-order valence-corrected chi connectivity index (χ1v) is 8.46. The SMILES string of the molecule is COc1cc(/C=N/n2cnnc2)c(Br)cc1OCc1ccc(Cl)cc1. The molecule has 0 atom stereocenters. The van der Waals surface area contributed by atoms with Gasteiger partial charge in [-0.05, 0) is 45.8 Å². The number of methoxy groups -OCH3 is 1. The van der Waals surface area contributed by atoms with Crippen LogP contribution in [0.1, 0.15) is 11.1 Å². The summed E-state index contributed by atoms with van der Waals surface area (Å²) in [5, 5.41) is 12.3. The first-order chi connectivity index (χ1) is 12.2. The maximum Gasteiger partial charge on any atom is 0.162 e. The third kappa shape index (κ3) is 4.58. The van der Waals surface area contributed by atoms with Gasteiger partial charge in [0.05, 0.1) is 13.3 Å². The Labute approximate surface area is 158 Å². The number of hydrogen-bond donors (Lipinski definition) is 0. The Balaban J connectivity index is 1.78. The number of aromatic nitrogens is 3. The molecule has 0 fully saturated rings. The van der Waals surface area contributed by atoms with Gasteiger partial charge < -0.3 is 9.47 Å². The maximum absolute atomic E-state index is 5.89. The van der Waals surface area contributed by atoms with Gasteiger partial charge in [0.2, 0.25) is 0 Å². The van der Waals surface area contributed by atoms with Gasteiger partial charge in [-0.25, -0.2) is 4.68 Å². The summed E-state index contributed by atoms with van der Waals surface area (Å²) in [4.78, 5) is 0. The van der Waals surface area contributed by atoms with Crippen LogP contribution in [-0.2, 0) is 6.61 Å². The first kappa shape index (κ1) is 17.4. The van der Waals surface area contributed by atoms with Crippen LogP contribution in [0.25, 0.3) is 0 Å². The van der Waals surface area contributed by atoms with E-state index in [0.717, 1.165) is 15.6 Å². The van der Waals surface area contributed by atoms with Crippen LogP contribution >= 0.6 is 27.5 Å². The summed E-state index contributed by atoms with van der Waals surface area (Å²) in [5.41, 5.74) is 1.85. The highest BCUT2D eigenvalue weighted by atomic mass is 79.9. The van der Waals surface area contributed by atoms with Gasteiger partial charge in [0.25, 0.3) is 0 Å². The summed E-state index contributed by atoms with van der Waals surface area (Å²) in [6, 6.07) is 11.2. The number of ether oxygens (including phenoxy) is 2. The van der Waals surface area contributed by atoms with Crippen molar-refractivity contribution in [2.45, 2.75) is 6.61 Å². The molecule has 0 saturated heterocycles. The average molecular weight is 422 g/mol. The summed E-state index contributed by atoms with van der Waals surface area (Å²) in [7, 11) is 1.60. The minimum absolute atomic E-state index is 0.411. The molecule has 0 bridgehead atoms. The zero-order valence-electron chi connectivity index (χ0n) is 13.3. The summed E-state index contributed by atoms with van der Waals surface area (Å²) in [5.74, 6) is 1.24. The van der Waals surface area contributed by atoms with E-state index in [4.69, 9.17) is 21.1 Å². The second kappa shape index (κ2) is 8.13. The second-order valence-electron chi connectivity index (χ2n) is 5.03. The number of rotatable bonds is 6. The van der Waals surface area contributed by atoms with Crippen molar-refractivity contribution in [3.63, 3.8) is 0 Å². The van der Waals surface area contributed by atoms with Crippen LogP contribution in [0, 0.1) is 0 Å². The summed E-state index contributed by atoms with van der Waals surface area (Å²) in [6.45, 7) is 0.411. The lowest BCUT2D eigenvalue weighted by atomic mass is 10.2. The molecule has 8 heteroatoms. The van der Waals surface area contributed by atoms with E-state index in [1.54, 1.807) is 13.3 Å². The number of benzene rings is 2. The Hall–Kier alpha value is -2.38. The minimum Gasteiger partial charge on any atom is -0.493 e. The van der Waals surface area contributed by atoms with Gasteiger partial charge in [-0.3, -0.25) is 0 Å².